The van der Waals surface area contributed by atoms with Crippen LogP contribution in [0, 0.1) is 11.7 Å². The number of benzene rings is 1. The van der Waals surface area contributed by atoms with Gasteiger partial charge in [-0.15, -0.1) is 24.0 Å². The zero-order valence-electron chi connectivity index (χ0n) is 15.1. The standard InChI is InChI=1S/C18H25F4N3O.HI/c1-2-23-17(24-11-16(26)14-5-3-4-6-15(14)19)25-13-9-7-12(8-10-13)18(20,21)22;/h3-6,12-13,16,26H,2,7-11H2,1H3,(H2,23,24,25);1H. The highest BCUT2D eigenvalue weighted by Gasteiger charge is 2.41. The molecule has 9 heteroatoms. The number of halogens is 5. The summed E-state index contributed by atoms with van der Waals surface area (Å²) in [6.45, 7) is 2.39. The van der Waals surface area contributed by atoms with Gasteiger partial charge >= 0.3 is 6.18 Å². The molecule has 3 N–H and O–H groups in total. The molecule has 1 aliphatic rings. The van der Waals surface area contributed by atoms with Gasteiger partial charge in [0.2, 0.25) is 0 Å². The summed E-state index contributed by atoms with van der Waals surface area (Å²) in [5, 5.41) is 16.2. The van der Waals surface area contributed by atoms with Crippen LogP contribution in [0.4, 0.5) is 17.6 Å². The van der Waals surface area contributed by atoms with Gasteiger partial charge in [0.05, 0.1) is 12.5 Å². The van der Waals surface area contributed by atoms with Crippen LogP contribution < -0.4 is 10.6 Å². The van der Waals surface area contributed by atoms with E-state index in [-0.39, 0.29) is 55.0 Å². The summed E-state index contributed by atoms with van der Waals surface area (Å²) in [5.41, 5.74) is 0.165. The molecule has 1 fully saturated rings. The molecule has 1 atom stereocenters. The van der Waals surface area contributed by atoms with Crippen molar-refractivity contribution in [2.24, 2.45) is 10.9 Å². The Morgan fingerprint density at radius 2 is 1.85 bits per heavy atom. The number of hydrogen-bond acceptors (Lipinski definition) is 2. The predicted octanol–water partition coefficient (Wildman–Crippen LogP) is 4.15. The maximum atomic E-state index is 13.7. The molecule has 2 rings (SSSR count). The lowest BCUT2D eigenvalue weighted by Crippen LogP contribution is -2.46. The van der Waals surface area contributed by atoms with E-state index in [1.165, 1.54) is 18.2 Å². The van der Waals surface area contributed by atoms with Crippen molar-refractivity contribution in [2.45, 2.75) is 50.9 Å². The SMILES string of the molecule is CCNC(=NCC(O)c1ccccc1F)NC1CCC(C(F)(F)F)CC1.I. The molecule has 1 aliphatic carbocycles. The summed E-state index contributed by atoms with van der Waals surface area (Å²) in [7, 11) is 0. The maximum Gasteiger partial charge on any atom is 0.391 e. The molecule has 0 radical (unpaired) electrons. The minimum absolute atomic E-state index is 0. The molecule has 0 bridgehead atoms. The molecule has 0 saturated heterocycles. The maximum absolute atomic E-state index is 13.7. The van der Waals surface area contributed by atoms with Crippen LogP contribution in [0.5, 0.6) is 0 Å². The monoisotopic (exact) mass is 503 g/mol. The minimum Gasteiger partial charge on any atom is -0.386 e. The van der Waals surface area contributed by atoms with Crippen LogP contribution in [0.15, 0.2) is 29.3 Å². The summed E-state index contributed by atoms with van der Waals surface area (Å²) < 4.78 is 51.9. The van der Waals surface area contributed by atoms with Crippen LogP contribution >= 0.6 is 24.0 Å². The van der Waals surface area contributed by atoms with Gasteiger partial charge in [0, 0.05) is 18.2 Å². The van der Waals surface area contributed by atoms with Crippen molar-refractivity contribution in [1.29, 1.82) is 0 Å². The first-order chi connectivity index (χ1) is 12.3. The second kappa shape index (κ2) is 11.0. The lowest BCUT2D eigenvalue weighted by molar-refractivity contribution is -0.182. The van der Waals surface area contributed by atoms with Crippen LogP contribution in [0.25, 0.3) is 0 Å². The van der Waals surface area contributed by atoms with Crippen LogP contribution in [-0.2, 0) is 0 Å². The first-order valence-electron chi connectivity index (χ1n) is 8.85. The molecular formula is C18H26F4IN3O. The lowest BCUT2D eigenvalue weighted by atomic mass is 9.85. The van der Waals surface area contributed by atoms with Gasteiger partial charge in [-0.3, -0.25) is 4.99 Å². The zero-order chi connectivity index (χ0) is 19.2. The van der Waals surface area contributed by atoms with Crippen LogP contribution in [0.3, 0.4) is 0 Å². The smallest absolute Gasteiger partial charge is 0.386 e. The van der Waals surface area contributed by atoms with E-state index in [0.717, 1.165) is 0 Å². The largest absolute Gasteiger partial charge is 0.391 e. The molecule has 1 aromatic rings. The summed E-state index contributed by atoms with van der Waals surface area (Å²) in [4.78, 5) is 4.25. The van der Waals surface area contributed by atoms with Gasteiger partial charge in [-0.1, -0.05) is 18.2 Å². The fourth-order valence-corrected chi connectivity index (χ4v) is 3.10. The Kier molecular flexibility index (Phi) is 9.78. The average Bonchev–Trinajstić information content (AvgIpc) is 2.59. The number of alkyl halides is 3. The number of aliphatic imine (C=N–C) groups is 1. The summed E-state index contributed by atoms with van der Waals surface area (Å²) in [6.07, 6.45) is -4.22. The summed E-state index contributed by atoms with van der Waals surface area (Å²) in [5.74, 6) is -1.32. The third kappa shape index (κ3) is 7.44. The first kappa shape index (κ1) is 23.9. The Morgan fingerprint density at radius 1 is 1.22 bits per heavy atom. The molecule has 1 saturated carbocycles. The third-order valence-electron chi connectivity index (χ3n) is 4.56. The van der Waals surface area contributed by atoms with E-state index in [9.17, 15) is 22.7 Å². The molecule has 154 valence electrons. The highest BCUT2D eigenvalue weighted by Crippen LogP contribution is 2.37. The third-order valence-corrected chi connectivity index (χ3v) is 4.56. The highest BCUT2D eigenvalue weighted by atomic mass is 127. The predicted molar refractivity (Wildman–Crippen MR) is 108 cm³/mol. The number of aliphatic hydroxyl groups excluding tert-OH is 1. The average molecular weight is 503 g/mol. The Labute approximate surface area is 173 Å². The van der Waals surface area contributed by atoms with Crippen molar-refractivity contribution in [3.05, 3.63) is 35.6 Å². The highest BCUT2D eigenvalue weighted by molar-refractivity contribution is 14.0. The fourth-order valence-electron chi connectivity index (χ4n) is 3.10. The van der Waals surface area contributed by atoms with Crippen molar-refractivity contribution in [1.82, 2.24) is 10.6 Å². The Hall–Kier alpha value is -1.10. The summed E-state index contributed by atoms with van der Waals surface area (Å²) in [6, 6.07) is 5.84. The van der Waals surface area contributed by atoms with Gasteiger partial charge in [-0.2, -0.15) is 13.2 Å². The van der Waals surface area contributed by atoms with E-state index >= 15 is 0 Å². The molecule has 4 nitrogen and oxygen atoms in total. The van der Waals surface area contributed by atoms with Gasteiger partial charge in [0.1, 0.15) is 11.9 Å². The Bertz CT molecular complexity index is 605. The number of nitrogens with zero attached hydrogens (tertiary/aromatic N) is 1. The van der Waals surface area contributed by atoms with Gasteiger partial charge in [-0.25, -0.2) is 4.39 Å². The molecule has 1 aromatic carbocycles. The minimum atomic E-state index is -4.13. The Morgan fingerprint density at radius 3 is 2.41 bits per heavy atom. The molecule has 0 spiro atoms. The van der Waals surface area contributed by atoms with Gasteiger partial charge in [0.25, 0.3) is 0 Å². The fraction of sp³-hybridized carbons (Fsp3) is 0.611. The second-order valence-corrected chi connectivity index (χ2v) is 6.49. The van der Waals surface area contributed by atoms with Crippen LogP contribution in [0.2, 0.25) is 0 Å². The molecule has 0 heterocycles. The number of nitrogens with one attached hydrogen (secondary N) is 2. The number of rotatable bonds is 5. The topological polar surface area (TPSA) is 56.7 Å². The first-order valence-corrected chi connectivity index (χ1v) is 8.85. The van der Waals surface area contributed by atoms with Crippen molar-refractivity contribution >= 4 is 29.9 Å². The van der Waals surface area contributed by atoms with Crippen molar-refractivity contribution in [3.63, 3.8) is 0 Å². The van der Waals surface area contributed by atoms with Gasteiger partial charge < -0.3 is 15.7 Å². The van der Waals surface area contributed by atoms with Crippen molar-refractivity contribution < 1.29 is 22.7 Å². The summed E-state index contributed by atoms with van der Waals surface area (Å²) >= 11 is 0. The van der Waals surface area contributed by atoms with Crippen LogP contribution in [0.1, 0.15) is 44.3 Å². The van der Waals surface area contributed by atoms with Crippen LogP contribution in [-0.4, -0.2) is 36.4 Å². The Balaban J connectivity index is 0.00000364. The number of guanidine groups is 1. The van der Waals surface area contributed by atoms with E-state index in [4.69, 9.17) is 0 Å². The molecule has 0 aliphatic heterocycles. The molecule has 0 amide bonds. The quantitative estimate of drug-likeness (QED) is 0.245. The van der Waals surface area contributed by atoms with Gasteiger partial charge in [-0.05, 0) is 38.7 Å². The normalized spacial score (nSPS) is 21.9. The lowest BCUT2D eigenvalue weighted by Gasteiger charge is -2.31. The van der Waals surface area contributed by atoms with Gasteiger partial charge in [0.15, 0.2) is 5.96 Å². The van der Waals surface area contributed by atoms with Crippen molar-refractivity contribution in [2.75, 3.05) is 13.1 Å². The van der Waals surface area contributed by atoms with E-state index in [0.29, 0.717) is 25.3 Å². The molecular weight excluding hydrogens is 477 g/mol. The van der Waals surface area contributed by atoms with Crippen molar-refractivity contribution in [3.8, 4) is 0 Å². The zero-order valence-corrected chi connectivity index (χ0v) is 17.4. The second-order valence-electron chi connectivity index (χ2n) is 6.49. The van der Waals surface area contributed by atoms with E-state index in [2.05, 4.69) is 15.6 Å². The van der Waals surface area contributed by atoms with E-state index in [1.54, 1.807) is 6.07 Å². The molecule has 27 heavy (non-hydrogen) atoms. The number of aliphatic hydroxyl groups is 1. The molecule has 1 unspecified atom stereocenters. The van der Waals surface area contributed by atoms with E-state index < -0.39 is 24.0 Å². The molecule has 0 aromatic heterocycles. The van der Waals surface area contributed by atoms with E-state index in [1.807, 2.05) is 6.92 Å². The number of hydrogen-bond donors (Lipinski definition) is 3.